The van der Waals surface area contributed by atoms with Crippen LogP contribution in [-0.2, 0) is 11.2 Å². The van der Waals surface area contributed by atoms with E-state index in [1.54, 1.807) is 15.5 Å². The molecule has 32 heavy (non-hydrogen) atoms. The molecule has 8 nitrogen and oxygen atoms in total. The third-order valence-corrected chi connectivity index (χ3v) is 6.66. The SMILES string of the molecule is Cc1nc2c3ccccc3nc(CCN3C(=O)c4ccccc4N4C(=O)CC[C@]34C)n2n1. The summed E-state index contributed by atoms with van der Waals surface area (Å²) in [7, 11) is 0. The highest BCUT2D eigenvalue weighted by atomic mass is 16.2. The summed E-state index contributed by atoms with van der Waals surface area (Å²) in [6, 6.07) is 15.2. The van der Waals surface area contributed by atoms with E-state index in [9.17, 15) is 9.59 Å². The molecule has 0 radical (unpaired) electrons. The van der Waals surface area contributed by atoms with Crippen molar-refractivity contribution in [3.8, 4) is 0 Å². The summed E-state index contributed by atoms with van der Waals surface area (Å²) in [5, 5.41) is 5.50. The lowest BCUT2D eigenvalue weighted by Crippen LogP contribution is -2.62. The molecule has 4 heterocycles. The number of hydrogen-bond acceptors (Lipinski definition) is 5. The van der Waals surface area contributed by atoms with Crippen molar-refractivity contribution in [1.29, 1.82) is 0 Å². The number of fused-ring (bicyclic) bond motifs is 6. The molecular weight excluding hydrogens is 404 g/mol. The maximum atomic E-state index is 13.5. The zero-order valence-corrected chi connectivity index (χ0v) is 17.9. The fraction of sp³-hybridized carbons (Fsp3) is 0.292. The average molecular weight is 426 g/mol. The summed E-state index contributed by atoms with van der Waals surface area (Å²) < 4.78 is 1.78. The van der Waals surface area contributed by atoms with Crippen molar-refractivity contribution in [2.45, 2.75) is 38.8 Å². The Morgan fingerprint density at radius 3 is 2.69 bits per heavy atom. The zero-order chi connectivity index (χ0) is 22.0. The van der Waals surface area contributed by atoms with Crippen LogP contribution in [0.25, 0.3) is 16.6 Å². The van der Waals surface area contributed by atoms with Crippen molar-refractivity contribution in [2.75, 3.05) is 11.4 Å². The molecule has 0 bridgehead atoms. The van der Waals surface area contributed by atoms with E-state index >= 15 is 0 Å². The highest BCUT2D eigenvalue weighted by Gasteiger charge is 2.52. The number of carbonyl (C=O) groups excluding carboxylic acids is 2. The summed E-state index contributed by atoms with van der Waals surface area (Å²) in [6.07, 6.45) is 1.53. The van der Waals surface area contributed by atoms with E-state index in [4.69, 9.17) is 4.98 Å². The first kappa shape index (κ1) is 18.9. The number of para-hydroxylation sites is 2. The Morgan fingerprint density at radius 1 is 1.03 bits per heavy atom. The minimum absolute atomic E-state index is 0.0515. The van der Waals surface area contributed by atoms with Crippen molar-refractivity contribution in [1.82, 2.24) is 24.5 Å². The molecule has 0 aliphatic carbocycles. The lowest BCUT2D eigenvalue weighted by atomic mass is 9.98. The second-order valence-corrected chi connectivity index (χ2v) is 8.61. The summed E-state index contributed by atoms with van der Waals surface area (Å²) >= 11 is 0. The first-order valence-electron chi connectivity index (χ1n) is 10.8. The minimum atomic E-state index is -0.684. The van der Waals surface area contributed by atoms with Crippen molar-refractivity contribution >= 4 is 34.1 Å². The van der Waals surface area contributed by atoms with Gasteiger partial charge < -0.3 is 4.90 Å². The van der Waals surface area contributed by atoms with E-state index in [1.807, 2.05) is 61.2 Å². The Morgan fingerprint density at radius 2 is 1.81 bits per heavy atom. The average Bonchev–Trinajstić information content (AvgIpc) is 3.33. The van der Waals surface area contributed by atoms with Gasteiger partial charge in [0.15, 0.2) is 5.65 Å². The van der Waals surface area contributed by atoms with Gasteiger partial charge in [-0.15, -0.1) is 5.10 Å². The van der Waals surface area contributed by atoms with Gasteiger partial charge in [-0.05, 0) is 44.5 Å². The molecule has 6 rings (SSSR count). The highest BCUT2D eigenvalue weighted by molar-refractivity contribution is 6.10. The summed E-state index contributed by atoms with van der Waals surface area (Å²) in [6.45, 7) is 4.27. The number of hydrogen-bond donors (Lipinski definition) is 0. The first-order chi connectivity index (χ1) is 15.5. The Bertz CT molecular complexity index is 1430. The fourth-order valence-electron chi connectivity index (χ4n) is 5.13. The van der Waals surface area contributed by atoms with E-state index in [0.29, 0.717) is 42.9 Å². The van der Waals surface area contributed by atoms with Crippen LogP contribution in [0.3, 0.4) is 0 Å². The molecule has 4 aromatic rings. The Kier molecular flexibility index (Phi) is 3.90. The van der Waals surface area contributed by atoms with Crippen LogP contribution in [0.1, 0.15) is 41.8 Å². The van der Waals surface area contributed by atoms with Crippen LogP contribution in [0, 0.1) is 6.92 Å². The predicted octanol–water partition coefficient (Wildman–Crippen LogP) is 3.13. The van der Waals surface area contributed by atoms with E-state index in [1.165, 1.54) is 0 Å². The molecule has 0 N–H and O–H groups in total. The minimum Gasteiger partial charge on any atom is -0.315 e. The molecule has 2 amide bonds. The second kappa shape index (κ2) is 6.59. The molecule has 0 spiro atoms. The Balaban J connectivity index is 1.42. The largest absolute Gasteiger partial charge is 0.315 e. The maximum absolute atomic E-state index is 13.5. The molecule has 2 aliphatic heterocycles. The van der Waals surface area contributed by atoms with Gasteiger partial charge in [-0.3, -0.25) is 14.5 Å². The summed E-state index contributed by atoms with van der Waals surface area (Å²) in [5.74, 6) is 1.41. The van der Waals surface area contributed by atoms with Crippen molar-refractivity contribution in [3.63, 3.8) is 0 Å². The number of anilines is 1. The van der Waals surface area contributed by atoms with Crippen molar-refractivity contribution < 1.29 is 9.59 Å². The molecule has 0 saturated carbocycles. The lowest BCUT2D eigenvalue weighted by molar-refractivity contribution is -0.117. The molecule has 1 atom stereocenters. The van der Waals surface area contributed by atoms with Crippen LogP contribution in [-0.4, -0.2) is 48.5 Å². The Hall–Kier alpha value is -3.81. The van der Waals surface area contributed by atoms with Gasteiger partial charge in [0.2, 0.25) is 5.91 Å². The van der Waals surface area contributed by atoms with Crippen LogP contribution in [0.15, 0.2) is 48.5 Å². The molecule has 160 valence electrons. The maximum Gasteiger partial charge on any atom is 0.257 e. The third-order valence-electron chi connectivity index (χ3n) is 6.66. The number of carbonyl (C=O) groups is 2. The molecule has 8 heteroatoms. The Labute approximate surface area is 184 Å². The number of aryl methyl sites for hydroxylation is 1. The van der Waals surface area contributed by atoms with Crippen LogP contribution in [0.2, 0.25) is 0 Å². The normalized spacial score (nSPS) is 20.3. The van der Waals surface area contributed by atoms with Gasteiger partial charge >= 0.3 is 0 Å². The second-order valence-electron chi connectivity index (χ2n) is 8.61. The number of rotatable bonds is 3. The van der Waals surface area contributed by atoms with E-state index < -0.39 is 5.66 Å². The van der Waals surface area contributed by atoms with Gasteiger partial charge in [0.25, 0.3) is 5.91 Å². The third kappa shape index (κ3) is 2.52. The first-order valence-corrected chi connectivity index (χ1v) is 10.8. The molecule has 2 aliphatic rings. The number of aromatic nitrogens is 4. The van der Waals surface area contributed by atoms with Crippen LogP contribution in [0.4, 0.5) is 5.69 Å². The van der Waals surface area contributed by atoms with Crippen molar-refractivity contribution in [2.24, 2.45) is 0 Å². The van der Waals surface area contributed by atoms with Gasteiger partial charge in [0.1, 0.15) is 17.3 Å². The van der Waals surface area contributed by atoms with Gasteiger partial charge in [-0.1, -0.05) is 24.3 Å². The lowest BCUT2D eigenvalue weighted by Gasteiger charge is -2.48. The van der Waals surface area contributed by atoms with E-state index in [0.717, 1.165) is 22.4 Å². The number of nitrogens with zero attached hydrogens (tertiary/aromatic N) is 6. The summed E-state index contributed by atoms with van der Waals surface area (Å²) in [4.78, 5) is 39.3. The monoisotopic (exact) mass is 426 g/mol. The molecule has 1 fully saturated rings. The molecule has 2 aromatic carbocycles. The number of amides is 2. The van der Waals surface area contributed by atoms with E-state index in [-0.39, 0.29) is 11.8 Å². The molecule has 2 aromatic heterocycles. The number of benzene rings is 2. The summed E-state index contributed by atoms with van der Waals surface area (Å²) in [5.41, 5.74) is 2.20. The van der Waals surface area contributed by atoms with Gasteiger partial charge in [0.05, 0.1) is 16.8 Å². The van der Waals surface area contributed by atoms with E-state index in [2.05, 4.69) is 10.1 Å². The topological polar surface area (TPSA) is 83.7 Å². The fourth-order valence-corrected chi connectivity index (χ4v) is 5.13. The van der Waals surface area contributed by atoms with Crippen LogP contribution < -0.4 is 4.90 Å². The molecule has 1 saturated heterocycles. The highest BCUT2D eigenvalue weighted by Crippen LogP contribution is 2.43. The van der Waals surface area contributed by atoms with Gasteiger partial charge in [-0.25, -0.2) is 9.97 Å². The standard InChI is InChI=1S/C24H22N6O2/c1-15-25-22-16-7-3-5-9-18(16)26-20(30(22)27-15)12-14-28-23(32)17-8-4-6-10-19(17)29-21(31)11-13-24(28,29)2/h3-10H,11-14H2,1-2H3/t24-/m1/s1. The molecule has 0 unspecified atom stereocenters. The van der Waals surface area contributed by atoms with Crippen LogP contribution in [0.5, 0.6) is 0 Å². The predicted molar refractivity (Wildman–Crippen MR) is 119 cm³/mol. The molecular formula is C24H22N6O2. The van der Waals surface area contributed by atoms with Crippen molar-refractivity contribution in [3.05, 3.63) is 65.7 Å². The zero-order valence-electron chi connectivity index (χ0n) is 17.9. The smallest absolute Gasteiger partial charge is 0.257 e. The van der Waals surface area contributed by atoms with Gasteiger partial charge in [0, 0.05) is 24.8 Å². The van der Waals surface area contributed by atoms with Crippen LogP contribution >= 0.6 is 0 Å². The van der Waals surface area contributed by atoms with Gasteiger partial charge in [-0.2, -0.15) is 4.52 Å². The quantitative estimate of drug-likeness (QED) is 0.503.